The van der Waals surface area contributed by atoms with Crippen LogP contribution in [0.15, 0.2) is 24.5 Å². The molecule has 0 unspecified atom stereocenters. The van der Waals surface area contributed by atoms with E-state index in [1.54, 1.807) is 6.07 Å². The molecule has 18 heavy (non-hydrogen) atoms. The van der Waals surface area contributed by atoms with Crippen LogP contribution in [0.1, 0.15) is 36.9 Å². The molecule has 2 aromatic heterocycles. The number of imidazole rings is 1. The van der Waals surface area contributed by atoms with Gasteiger partial charge in [-0.1, -0.05) is 12.8 Å². The van der Waals surface area contributed by atoms with Crippen LogP contribution in [0, 0.1) is 11.3 Å². The fourth-order valence-corrected chi connectivity index (χ4v) is 2.61. The zero-order chi connectivity index (χ0) is 12.4. The average molecular weight is 240 g/mol. The summed E-state index contributed by atoms with van der Waals surface area (Å²) in [5.41, 5.74) is 2.69. The highest BCUT2D eigenvalue weighted by atomic mass is 15.0. The van der Waals surface area contributed by atoms with Gasteiger partial charge in [0, 0.05) is 18.8 Å². The van der Waals surface area contributed by atoms with Gasteiger partial charge in [0.05, 0.1) is 17.5 Å². The molecule has 92 valence electrons. The van der Waals surface area contributed by atoms with Crippen molar-refractivity contribution in [1.82, 2.24) is 14.7 Å². The molecule has 3 rings (SSSR count). The average Bonchev–Trinajstić information content (AvgIpc) is 3.05. The lowest BCUT2D eigenvalue weighted by Crippen LogP contribution is -2.25. The summed E-state index contributed by atoms with van der Waals surface area (Å²) in [5, 5.41) is 12.5. The van der Waals surface area contributed by atoms with Crippen LogP contribution in [-0.4, -0.2) is 15.4 Å². The third-order valence-electron chi connectivity index (χ3n) is 3.64. The first-order chi connectivity index (χ1) is 8.86. The van der Waals surface area contributed by atoms with Crippen LogP contribution in [-0.2, 0) is 6.54 Å². The minimum absolute atomic E-state index is 0.648. The number of hydrogen-bond donors (Lipinski definition) is 1. The van der Waals surface area contributed by atoms with Crippen molar-refractivity contribution in [3.63, 3.8) is 0 Å². The van der Waals surface area contributed by atoms with Crippen molar-refractivity contribution in [3.8, 4) is 6.07 Å². The Balaban J connectivity index is 1.80. The van der Waals surface area contributed by atoms with E-state index < -0.39 is 0 Å². The lowest BCUT2D eigenvalue weighted by molar-refractivity contribution is 0.518. The molecule has 0 atom stereocenters. The number of aromatic nitrogens is 2. The van der Waals surface area contributed by atoms with Gasteiger partial charge >= 0.3 is 0 Å². The second-order valence-electron chi connectivity index (χ2n) is 4.87. The van der Waals surface area contributed by atoms with E-state index in [4.69, 9.17) is 5.26 Å². The van der Waals surface area contributed by atoms with Crippen molar-refractivity contribution in [3.05, 3.63) is 35.8 Å². The molecule has 2 aromatic rings. The predicted molar refractivity (Wildman–Crippen MR) is 69.0 cm³/mol. The summed E-state index contributed by atoms with van der Waals surface area (Å²) in [4.78, 5) is 4.35. The summed E-state index contributed by atoms with van der Waals surface area (Å²) in [7, 11) is 0. The Kier molecular flexibility index (Phi) is 2.99. The van der Waals surface area contributed by atoms with Crippen LogP contribution in [0.3, 0.4) is 0 Å². The molecule has 4 heteroatoms. The van der Waals surface area contributed by atoms with E-state index in [0.717, 1.165) is 17.9 Å². The maximum Gasteiger partial charge on any atom is 0.137 e. The first-order valence-corrected chi connectivity index (χ1v) is 6.46. The zero-order valence-corrected chi connectivity index (χ0v) is 10.3. The van der Waals surface area contributed by atoms with Gasteiger partial charge in [-0.3, -0.25) is 0 Å². The number of rotatable bonds is 3. The van der Waals surface area contributed by atoms with Crippen molar-refractivity contribution in [2.45, 2.75) is 38.3 Å². The van der Waals surface area contributed by atoms with E-state index in [0.29, 0.717) is 11.6 Å². The van der Waals surface area contributed by atoms with Gasteiger partial charge in [-0.25, -0.2) is 4.98 Å². The van der Waals surface area contributed by atoms with Gasteiger partial charge in [0.15, 0.2) is 0 Å². The van der Waals surface area contributed by atoms with Gasteiger partial charge in [-0.15, -0.1) is 0 Å². The summed E-state index contributed by atoms with van der Waals surface area (Å²) in [5.74, 6) is 0. The van der Waals surface area contributed by atoms with E-state index in [2.05, 4.69) is 16.4 Å². The topological polar surface area (TPSA) is 53.1 Å². The Bertz CT molecular complexity index is 587. The Hall–Kier alpha value is -1.86. The van der Waals surface area contributed by atoms with Crippen LogP contribution in [0.25, 0.3) is 5.65 Å². The fraction of sp³-hybridized carbons (Fsp3) is 0.429. The quantitative estimate of drug-likeness (QED) is 0.895. The molecule has 0 aliphatic heterocycles. The summed E-state index contributed by atoms with van der Waals surface area (Å²) >= 11 is 0. The van der Waals surface area contributed by atoms with Crippen LogP contribution >= 0.6 is 0 Å². The Morgan fingerprint density at radius 1 is 1.39 bits per heavy atom. The van der Waals surface area contributed by atoms with Crippen LogP contribution in [0.5, 0.6) is 0 Å². The van der Waals surface area contributed by atoms with E-state index in [9.17, 15) is 0 Å². The molecule has 1 N–H and O–H groups in total. The van der Waals surface area contributed by atoms with Gasteiger partial charge in [0.25, 0.3) is 0 Å². The molecule has 1 aliphatic carbocycles. The minimum Gasteiger partial charge on any atom is -0.308 e. The summed E-state index contributed by atoms with van der Waals surface area (Å²) in [6.07, 6.45) is 8.97. The first-order valence-electron chi connectivity index (χ1n) is 6.46. The maximum atomic E-state index is 8.93. The van der Waals surface area contributed by atoms with E-state index in [1.807, 2.05) is 22.9 Å². The molecule has 0 amide bonds. The summed E-state index contributed by atoms with van der Waals surface area (Å²) in [6.45, 7) is 0.820. The van der Waals surface area contributed by atoms with Crippen molar-refractivity contribution >= 4 is 5.65 Å². The Labute approximate surface area is 106 Å². The molecule has 2 heterocycles. The van der Waals surface area contributed by atoms with E-state index >= 15 is 0 Å². The molecule has 0 radical (unpaired) electrons. The van der Waals surface area contributed by atoms with Gasteiger partial charge < -0.3 is 9.72 Å². The SMILES string of the molecule is N#Cc1ccc2ncc(CNC3CCCC3)n2c1. The number of hydrogen-bond acceptors (Lipinski definition) is 3. The first kappa shape index (κ1) is 11.2. The third-order valence-corrected chi connectivity index (χ3v) is 3.64. The second-order valence-corrected chi connectivity index (χ2v) is 4.87. The van der Waals surface area contributed by atoms with E-state index in [1.165, 1.54) is 25.7 Å². The van der Waals surface area contributed by atoms with Gasteiger partial charge in [-0.05, 0) is 25.0 Å². The molecule has 1 aliphatic rings. The lowest BCUT2D eigenvalue weighted by Gasteiger charge is -2.11. The van der Waals surface area contributed by atoms with Crippen molar-refractivity contribution in [2.75, 3.05) is 0 Å². The maximum absolute atomic E-state index is 8.93. The molecule has 0 spiro atoms. The fourth-order valence-electron chi connectivity index (χ4n) is 2.61. The van der Waals surface area contributed by atoms with Crippen LogP contribution in [0.2, 0.25) is 0 Å². The molecule has 0 bridgehead atoms. The second kappa shape index (κ2) is 4.79. The Morgan fingerprint density at radius 2 is 2.22 bits per heavy atom. The van der Waals surface area contributed by atoms with E-state index in [-0.39, 0.29) is 0 Å². The summed E-state index contributed by atoms with van der Waals surface area (Å²) < 4.78 is 2.00. The lowest BCUT2D eigenvalue weighted by atomic mass is 10.2. The number of fused-ring (bicyclic) bond motifs is 1. The predicted octanol–water partition coefficient (Wildman–Crippen LogP) is 2.24. The number of nitrogens with one attached hydrogen (secondary N) is 1. The standard InChI is InChI=1S/C14H16N4/c15-7-11-5-6-14-17-9-13(18(14)10-11)8-16-12-3-1-2-4-12/h5-6,9-10,12,16H,1-4,8H2. The van der Waals surface area contributed by atoms with Crippen molar-refractivity contribution < 1.29 is 0 Å². The third kappa shape index (κ3) is 2.09. The molecule has 1 fully saturated rings. The largest absolute Gasteiger partial charge is 0.308 e. The van der Waals surface area contributed by atoms with Crippen LogP contribution in [0.4, 0.5) is 0 Å². The highest BCUT2D eigenvalue weighted by molar-refractivity contribution is 5.44. The molecule has 0 saturated heterocycles. The molecule has 0 aromatic carbocycles. The highest BCUT2D eigenvalue weighted by Gasteiger charge is 2.14. The highest BCUT2D eigenvalue weighted by Crippen LogP contribution is 2.18. The molecular weight excluding hydrogens is 224 g/mol. The minimum atomic E-state index is 0.648. The molecular formula is C14H16N4. The smallest absolute Gasteiger partial charge is 0.137 e. The summed E-state index contributed by atoms with van der Waals surface area (Å²) in [6, 6.07) is 6.50. The number of nitrogens with zero attached hydrogens (tertiary/aromatic N) is 3. The number of nitriles is 1. The van der Waals surface area contributed by atoms with Gasteiger partial charge in [-0.2, -0.15) is 5.26 Å². The van der Waals surface area contributed by atoms with Gasteiger partial charge in [0.2, 0.25) is 0 Å². The normalized spacial score (nSPS) is 16.2. The van der Waals surface area contributed by atoms with Crippen LogP contribution < -0.4 is 5.32 Å². The number of pyridine rings is 1. The van der Waals surface area contributed by atoms with Gasteiger partial charge in [0.1, 0.15) is 11.7 Å². The molecule has 1 saturated carbocycles. The monoisotopic (exact) mass is 240 g/mol. The van der Waals surface area contributed by atoms with Crippen molar-refractivity contribution in [2.24, 2.45) is 0 Å². The zero-order valence-electron chi connectivity index (χ0n) is 10.3. The van der Waals surface area contributed by atoms with Crippen molar-refractivity contribution in [1.29, 1.82) is 5.26 Å². The Morgan fingerprint density at radius 3 is 3.00 bits per heavy atom. The molecule has 4 nitrogen and oxygen atoms in total.